The first kappa shape index (κ1) is 20.9. The van der Waals surface area contributed by atoms with Crippen molar-refractivity contribution in [1.82, 2.24) is 5.32 Å². The van der Waals surface area contributed by atoms with Crippen LogP contribution in [0.1, 0.15) is 34.6 Å². The van der Waals surface area contributed by atoms with Gasteiger partial charge in [0.25, 0.3) is 11.8 Å². The van der Waals surface area contributed by atoms with Crippen LogP contribution in [0.5, 0.6) is 5.75 Å². The van der Waals surface area contributed by atoms with Gasteiger partial charge >= 0.3 is 0 Å². The highest BCUT2D eigenvalue weighted by atomic mass is 79.9. The summed E-state index contributed by atoms with van der Waals surface area (Å²) >= 11 is 3.42. The summed E-state index contributed by atoms with van der Waals surface area (Å²) < 4.78 is 11.3. The smallest absolute Gasteiger partial charge is 0.255 e. The number of hydrogen-bond acceptors (Lipinski definition) is 4. The van der Waals surface area contributed by atoms with Gasteiger partial charge in [0.15, 0.2) is 0 Å². The number of ether oxygens (including phenoxy) is 2. The molecule has 0 bridgehead atoms. The van der Waals surface area contributed by atoms with E-state index in [1.54, 1.807) is 49.6 Å². The first-order valence-electron chi connectivity index (χ1n) is 8.55. The standard InChI is InChI=1S/C20H23BrN2O4/c1-13(2)27-18-8-7-15(12-17(18)21)20(25)23-16-6-4-5-14(11-16)19(24)22-9-10-26-3/h4-8,11-13H,9-10H2,1-3H3,(H,22,24)(H,23,25). The normalized spacial score (nSPS) is 10.6. The molecule has 6 nitrogen and oxygen atoms in total. The van der Waals surface area contributed by atoms with Crippen LogP contribution in [0.2, 0.25) is 0 Å². The first-order valence-corrected chi connectivity index (χ1v) is 9.34. The van der Waals surface area contributed by atoms with E-state index in [0.29, 0.717) is 40.2 Å². The van der Waals surface area contributed by atoms with E-state index in [9.17, 15) is 9.59 Å². The molecular weight excluding hydrogens is 412 g/mol. The van der Waals surface area contributed by atoms with Crippen LogP contribution in [-0.2, 0) is 4.74 Å². The quantitative estimate of drug-likeness (QED) is 0.618. The average Bonchev–Trinajstić information content (AvgIpc) is 2.63. The second kappa shape index (κ2) is 10.1. The van der Waals surface area contributed by atoms with Crippen LogP contribution < -0.4 is 15.4 Å². The molecular formula is C20H23BrN2O4. The van der Waals surface area contributed by atoms with E-state index in [4.69, 9.17) is 9.47 Å². The maximum Gasteiger partial charge on any atom is 0.255 e. The highest BCUT2D eigenvalue weighted by molar-refractivity contribution is 9.10. The molecule has 0 radical (unpaired) electrons. The van der Waals surface area contributed by atoms with Crippen LogP contribution in [0, 0.1) is 0 Å². The minimum atomic E-state index is -0.274. The summed E-state index contributed by atoms with van der Waals surface area (Å²) in [6.45, 7) is 4.73. The van der Waals surface area contributed by atoms with E-state index in [2.05, 4.69) is 26.6 Å². The second-order valence-corrected chi connectivity index (χ2v) is 6.95. The van der Waals surface area contributed by atoms with Gasteiger partial charge in [0.1, 0.15) is 5.75 Å². The third-order valence-electron chi connectivity index (χ3n) is 3.53. The molecule has 0 aliphatic carbocycles. The molecule has 0 aliphatic rings. The van der Waals surface area contributed by atoms with E-state index >= 15 is 0 Å². The summed E-state index contributed by atoms with van der Waals surface area (Å²) in [4.78, 5) is 24.6. The number of nitrogens with one attached hydrogen (secondary N) is 2. The van der Waals surface area contributed by atoms with Crippen LogP contribution in [0.15, 0.2) is 46.9 Å². The fraction of sp³-hybridized carbons (Fsp3) is 0.300. The van der Waals surface area contributed by atoms with E-state index < -0.39 is 0 Å². The number of anilines is 1. The summed E-state index contributed by atoms with van der Waals surface area (Å²) in [5.74, 6) is 0.182. The Morgan fingerprint density at radius 3 is 2.48 bits per heavy atom. The van der Waals surface area contributed by atoms with Gasteiger partial charge in [0, 0.05) is 30.5 Å². The molecule has 7 heteroatoms. The van der Waals surface area contributed by atoms with Crippen LogP contribution in [0.4, 0.5) is 5.69 Å². The van der Waals surface area contributed by atoms with Gasteiger partial charge in [0.2, 0.25) is 0 Å². The molecule has 144 valence electrons. The highest BCUT2D eigenvalue weighted by Crippen LogP contribution is 2.27. The second-order valence-electron chi connectivity index (χ2n) is 6.10. The third-order valence-corrected chi connectivity index (χ3v) is 4.15. The number of carbonyl (C=O) groups is 2. The molecule has 0 fully saturated rings. The van der Waals surface area contributed by atoms with Gasteiger partial charge in [-0.25, -0.2) is 0 Å². The van der Waals surface area contributed by atoms with Gasteiger partial charge in [-0.05, 0) is 66.2 Å². The van der Waals surface area contributed by atoms with Crippen molar-refractivity contribution in [2.45, 2.75) is 20.0 Å². The maximum absolute atomic E-state index is 12.5. The lowest BCUT2D eigenvalue weighted by atomic mass is 10.1. The van der Waals surface area contributed by atoms with Gasteiger partial charge < -0.3 is 20.1 Å². The lowest BCUT2D eigenvalue weighted by Gasteiger charge is -2.13. The number of rotatable bonds is 8. The molecule has 2 rings (SSSR count). The Balaban J connectivity index is 2.06. The molecule has 0 aliphatic heterocycles. The Kier molecular flexibility index (Phi) is 7.82. The van der Waals surface area contributed by atoms with Crippen molar-refractivity contribution < 1.29 is 19.1 Å². The molecule has 2 amide bonds. The van der Waals surface area contributed by atoms with Crippen LogP contribution in [0.25, 0.3) is 0 Å². The van der Waals surface area contributed by atoms with E-state index in [1.807, 2.05) is 13.8 Å². The minimum absolute atomic E-state index is 0.0405. The predicted octanol–water partition coefficient (Wildman–Crippen LogP) is 3.86. The van der Waals surface area contributed by atoms with Crippen LogP contribution >= 0.6 is 15.9 Å². The number of amides is 2. The Bertz CT molecular complexity index is 808. The summed E-state index contributed by atoms with van der Waals surface area (Å²) in [5.41, 5.74) is 1.48. The lowest BCUT2D eigenvalue weighted by molar-refractivity contribution is 0.0936. The summed E-state index contributed by atoms with van der Waals surface area (Å²) in [7, 11) is 1.57. The number of methoxy groups -OCH3 is 1. The first-order chi connectivity index (χ1) is 12.9. The number of benzene rings is 2. The zero-order chi connectivity index (χ0) is 19.8. The highest BCUT2D eigenvalue weighted by Gasteiger charge is 2.12. The lowest BCUT2D eigenvalue weighted by Crippen LogP contribution is -2.27. The van der Waals surface area contributed by atoms with Crippen LogP contribution in [0.3, 0.4) is 0 Å². The fourth-order valence-corrected chi connectivity index (χ4v) is 2.77. The average molecular weight is 435 g/mol. The molecule has 2 aromatic rings. The number of carbonyl (C=O) groups excluding carboxylic acids is 2. The van der Waals surface area contributed by atoms with E-state index in [0.717, 1.165) is 0 Å². The molecule has 0 atom stereocenters. The summed E-state index contributed by atoms with van der Waals surface area (Å²) in [6.07, 6.45) is 0.0405. The predicted molar refractivity (Wildman–Crippen MR) is 109 cm³/mol. The van der Waals surface area contributed by atoms with Crippen LogP contribution in [-0.4, -0.2) is 38.2 Å². The van der Waals surface area contributed by atoms with Crippen molar-refractivity contribution in [3.05, 3.63) is 58.1 Å². The third kappa shape index (κ3) is 6.37. The van der Waals surface area contributed by atoms with Gasteiger partial charge in [-0.3, -0.25) is 9.59 Å². The zero-order valence-corrected chi connectivity index (χ0v) is 17.1. The molecule has 0 unspecified atom stereocenters. The van der Waals surface area contributed by atoms with Crippen molar-refractivity contribution in [2.75, 3.05) is 25.6 Å². The molecule has 0 saturated carbocycles. The van der Waals surface area contributed by atoms with Gasteiger partial charge in [-0.15, -0.1) is 0 Å². The monoisotopic (exact) mass is 434 g/mol. The molecule has 0 saturated heterocycles. The fourth-order valence-electron chi connectivity index (χ4n) is 2.30. The van der Waals surface area contributed by atoms with Gasteiger partial charge in [0.05, 0.1) is 17.2 Å². The molecule has 0 aromatic heterocycles. The SMILES string of the molecule is COCCNC(=O)c1cccc(NC(=O)c2ccc(OC(C)C)c(Br)c2)c1. The molecule has 27 heavy (non-hydrogen) atoms. The van der Waals surface area contributed by atoms with Crippen molar-refractivity contribution in [3.8, 4) is 5.75 Å². The summed E-state index contributed by atoms with van der Waals surface area (Å²) in [5, 5.41) is 5.55. The van der Waals surface area contributed by atoms with E-state index in [1.165, 1.54) is 0 Å². The van der Waals surface area contributed by atoms with Gasteiger partial charge in [-0.2, -0.15) is 0 Å². The van der Waals surface area contributed by atoms with Gasteiger partial charge in [-0.1, -0.05) is 6.07 Å². The Morgan fingerprint density at radius 1 is 1.07 bits per heavy atom. The molecule has 2 N–H and O–H groups in total. The van der Waals surface area contributed by atoms with E-state index in [-0.39, 0.29) is 17.9 Å². The molecule has 0 heterocycles. The minimum Gasteiger partial charge on any atom is -0.490 e. The number of halogens is 1. The van der Waals surface area contributed by atoms with Crippen molar-refractivity contribution in [1.29, 1.82) is 0 Å². The maximum atomic E-state index is 12.5. The topological polar surface area (TPSA) is 76.7 Å². The van der Waals surface area contributed by atoms with Crippen molar-refractivity contribution in [2.24, 2.45) is 0 Å². The Labute approximate surface area is 167 Å². The summed E-state index contributed by atoms with van der Waals surface area (Å²) in [6, 6.07) is 11.9. The molecule has 2 aromatic carbocycles. The Hall–Kier alpha value is -2.38. The van der Waals surface area contributed by atoms with Crippen molar-refractivity contribution in [3.63, 3.8) is 0 Å². The number of hydrogen-bond donors (Lipinski definition) is 2. The zero-order valence-electron chi connectivity index (χ0n) is 15.5. The van der Waals surface area contributed by atoms with Crippen molar-refractivity contribution >= 4 is 33.4 Å². The Morgan fingerprint density at radius 2 is 1.81 bits per heavy atom. The largest absolute Gasteiger partial charge is 0.490 e. The molecule has 0 spiro atoms.